The van der Waals surface area contributed by atoms with Gasteiger partial charge in [0.1, 0.15) is 5.82 Å². The van der Waals surface area contributed by atoms with Crippen molar-refractivity contribution >= 4 is 11.8 Å². The maximum atomic E-state index is 12.9. The van der Waals surface area contributed by atoms with Crippen LogP contribution >= 0.6 is 11.8 Å². The monoisotopic (exact) mass is 241 g/mol. The third-order valence-electron chi connectivity index (χ3n) is 2.30. The summed E-state index contributed by atoms with van der Waals surface area (Å²) in [5, 5.41) is 3.39. The highest BCUT2D eigenvalue weighted by Gasteiger charge is 1.95. The summed E-state index contributed by atoms with van der Waals surface area (Å²) in [6.45, 7) is 4.29. The number of unbranched alkanes of at least 4 members (excludes halogenated alkanes) is 2. The molecule has 0 bridgehead atoms. The molecule has 0 fully saturated rings. The van der Waals surface area contributed by atoms with Gasteiger partial charge < -0.3 is 5.32 Å². The Morgan fingerprint density at radius 1 is 1.25 bits per heavy atom. The molecule has 1 aromatic carbocycles. The van der Waals surface area contributed by atoms with Gasteiger partial charge >= 0.3 is 0 Å². The Kier molecular flexibility index (Phi) is 7.26. The predicted octanol–water partition coefficient (Wildman–Crippen LogP) is 3.70. The largest absolute Gasteiger partial charge is 0.316 e. The first kappa shape index (κ1) is 13.5. The molecule has 0 aromatic heterocycles. The summed E-state index contributed by atoms with van der Waals surface area (Å²) in [5.74, 6) is 0.844. The number of thioether (sulfide) groups is 1. The minimum atomic E-state index is -0.152. The summed E-state index contributed by atoms with van der Waals surface area (Å²) in [6.07, 6.45) is 3.81. The second kappa shape index (κ2) is 8.59. The zero-order valence-corrected chi connectivity index (χ0v) is 10.7. The van der Waals surface area contributed by atoms with Crippen molar-refractivity contribution in [1.29, 1.82) is 0 Å². The van der Waals surface area contributed by atoms with E-state index in [0.717, 1.165) is 23.7 Å². The molecular weight excluding hydrogens is 221 g/mol. The SMILES string of the molecule is CCCCCNCCSc1cccc(F)c1. The van der Waals surface area contributed by atoms with Gasteiger partial charge in [0.05, 0.1) is 0 Å². The lowest BCUT2D eigenvalue weighted by molar-refractivity contribution is 0.624. The van der Waals surface area contributed by atoms with Crippen molar-refractivity contribution in [1.82, 2.24) is 5.32 Å². The van der Waals surface area contributed by atoms with Crippen molar-refractivity contribution < 1.29 is 4.39 Å². The maximum Gasteiger partial charge on any atom is 0.124 e. The Balaban J connectivity index is 2.03. The smallest absolute Gasteiger partial charge is 0.124 e. The van der Waals surface area contributed by atoms with Gasteiger partial charge in [-0.2, -0.15) is 0 Å². The Morgan fingerprint density at radius 3 is 2.88 bits per heavy atom. The fourth-order valence-corrected chi connectivity index (χ4v) is 2.28. The van der Waals surface area contributed by atoms with Gasteiger partial charge in [-0.05, 0) is 31.2 Å². The summed E-state index contributed by atoms with van der Waals surface area (Å²) in [7, 11) is 0. The van der Waals surface area contributed by atoms with Gasteiger partial charge in [-0.3, -0.25) is 0 Å². The van der Waals surface area contributed by atoms with Crippen molar-refractivity contribution in [3.8, 4) is 0 Å². The summed E-state index contributed by atoms with van der Waals surface area (Å²) in [4.78, 5) is 1.01. The van der Waals surface area contributed by atoms with E-state index in [9.17, 15) is 4.39 Å². The number of benzene rings is 1. The van der Waals surface area contributed by atoms with Crippen LogP contribution in [0.5, 0.6) is 0 Å². The summed E-state index contributed by atoms with van der Waals surface area (Å²) in [5.41, 5.74) is 0. The Labute approximate surface area is 102 Å². The van der Waals surface area contributed by atoms with Gasteiger partial charge in [-0.25, -0.2) is 4.39 Å². The Hall–Kier alpha value is -0.540. The molecule has 0 unspecified atom stereocenters. The van der Waals surface area contributed by atoms with Crippen LogP contribution in [0, 0.1) is 5.82 Å². The van der Waals surface area contributed by atoms with Crippen LogP contribution in [0.15, 0.2) is 29.2 Å². The average Bonchev–Trinajstić information content (AvgIpc) is 2.28. The van der Waals surface area contributed by atoms with Crippen LogP contribution in [-0.4, -0.2) is 18.8 Å². The topological polar surface area (TPSA) is 12.0 Å². The van der Waals surface area contributed by atoms with E-state index in [1.54, 1.807) is 23.9 Å². The summed E-state index contributed by atoms with van der Waals surface area (Å²) in [6, 6.07) is 6.77. The lowest BCUT2D eigenvalue weighted by Crippen LogP contribution is -2.18. The van der Waals surface area contributed by atoms with Gasteiger partial charge in [0.2, 0.25) is 0 Å². The van der Waals surface area contributed by atoms with Crippen LogP contribution in [0.25, 0.3) is 0 Å². The van der Waals surface area contributed by atoms with Crippen molar-refractivity contribution in [2.45, 2.75) is 31.1 Å². The van der Waals surface area contributed by atoms with Crippen molar-refractivity contribution in [3.63, 3.8) is 0 Å². The lowest BCUT2D eigenvalue weighted by atomic mass is 10.2. The van der Waals surface area contributed by atoms with E-state index >= 15 is 0 Å². The molecular formula is C13H20FNS. The first-order valence-electron chi connectivity index (χ1n) is 5.92. The molecule has 0 amide bonds. The molecule has 16 heavy (non-hydrogen) atoms. The van der Waals surface area contributed by atoms with E-state index in [2.05, 4.69) is 12.2 Å². The molecule has 0 aliphatic rings. The molecule has 0 aliphatic carbocycles. The van der Waals surface area contributed by atoms with Crippen molar-refractivity contribution in [3.05, 3.63) is 30.1 Å². The van der Waals surface area contributed by atoms with Crippen molar-refractivity contribution in [2.75, 3.05) is 18.8 Å². The Bertz CT molecular complexity index is 291. The molecule has 0 spiro atoms. The van der Waals surface area contributed by atoms with Gasteiger partial charge in [-0.1, -0.05) is 25.8 Å². The number of rotatable bonds is 8. The highest BCUT2D eigenvalue weighted by atomic mass is 32.2. The fourth-order valence-electron chi connectivity index (χ4n) is 1.42. The molecule has 1 aromatic rings. The van der Waals surface area contributed by atoms with Gasteiger partial charge in [0, 0.05) is 17.2 Å². The normalized spacial score (nSPS) is 10.6. The van der Waals surface area contributed by atoms with Crippen LogP contribution in [0.4, 0.5) is 4.39 Å². The van der Waals surface area contributed by atoms with Crippen LogP contribution in [-0.2, 0) is 0 Å². The van der Waals surface area contributed by atoms with E-state index in [-0.39, 0.29) is 5.82 Å². The second-order valence-corrected chi connectivity index (χ2v) is 4.93. The summed E-state index contributed by atoms with van der Waals surface area (Å²) >= 11 is 1.70. The zero-order chi connectivity index (χ0) is 11.6. The van der Waals surface area contributed by atoms with E-state index in [4.69, 9.17) is 0 Å². The van der Waals surface area contributed by atoms with Crippen molar-refractivity contribution in [2.24, 2.45) is 0 Å². The van der Waals surface area contributed by atoms with Crippen LogP contribution in [0.1, 0.15) is 26.2 Å². The number of nitrogens with one attached hydrogen (secondary N) is 1. The van der Waals surface area contributed by atoms with Gasteiger partial charge in [0.15, 0.2) is 0 Å². The predicted molar refractivity (Wildman–Crippen MR) is 69.5 cm³/mol. The second-order valence-electron chi connectivity index (χ2n) is 3.76. The quantitative estimate of drug-likeness (QED) is 0.550. The van der Waals surface area contributed by atoms with E-state index in [1.165, 1.54) is 25.3 Å². The van der Waals surface area contributed by atoms with E-state index in [1.807, 2.05) is 6.07 Å². The highest BCUT2D eigenvalue weighted by molar-refractivity contribution is 7.99. The van der Waals surface area contributed by atoms with Gasteiger partial charge in [-0.15, -0.1) is 11.8 Å². The number of hydrogen-bond donors (Lipinski definition) is 1. The first-order chi connectivity index (χ1) is 7.83. The molecule has 0 saturated heterocycles. The molecule has 0 aliphatic heterocycles. The minimum absolute atomic E-state index is 0.152. The van der Waals surface area contributed by atoms with E-state index < -0.39 is 0 Å². The van der Waals surface area contributed by atoms with E-state index in [0.29, 0.717) is 0 Å². The number of halogens is 1. The highest BCUT2D eigenvalue weighted by Crippen LogP contribution is 2.17. The molecule has 1 N–H and O–H groups in total. The summed E-state index contributed by atoms with van der Waals surface area (Å²) < 4.78 is 12.9. The van der Waals surface area contributed by atoms with Crippen LogP contribution < -0.4 is 5.32 Å². The first-order valence-corrected chi connectivity index (χ1v) is 6.90. The standard InChI is InChI=1S/C13H20FNS/c1-2-3-4-8-15-9-10-16-13-7-5-6-12(14)11-13/h5-7,11,15H,2-4,8-10H2,1H3. The third kappa shape index (κ3) is 6.13. The third-order valence-corrected chi connectivity index (χ3v) is 3.30. The molecule has 0 saturated carbocycles. The molecule has 90 valence electrons. The lowest BCUT2D eigenvalue weighted by Gasteiger charge is -2.04. The molecule has 1 nitrogen and oxygen atoms in total. The molecule has 0 atom stereocenters. The van der Waals surface area contributed by atoms with Gasteiger partial charge in [0.25, 0.3) is 0 Å². The maximum absolute atomic E-state index is 12.9. The number of hydrogen-bond acceptors (Lipinski definition) is 2. The minimum Gasteiger partial charge on any atom is -0.316 e. The van der Waals surface area contributed by atoms with Crippen LogP contribution in [0.2, 0.25) is 0 Å². The average molecular weight is 241 g/mol. The van der Waals surface area contributed by atoms with Crippen LogP contribution in [0.3, 0.4) is 0 Å². The zero-order valence-electron chi connectivity index (χ0n) is 9.84. The fraction of sp³-hybridized carbons (Fsp3) is 0.538. The molecule has 1 rings (SSSR count). The molecule has 3 heteroatoms. The molecule has 0 heterocycles. The molecule has 0 radical (unpaired) electrons. The Morgan fingerprint density at radius 2 is 2.12 bits per heavy atom.